The number of H-pyrrole nitrogens is 1. The van der Waals surface area contributed by atoms with Crippen molar-refractivity contribution in [1.82, 2.24) is 20.6 Å². The molecule has 46 heavy (non-hydrogen) atoms. The van der Waals surface area contributed by atoms with E-state index >= 15 is 0 Å². The van der Waals surface area contributed by atoms with Crippen molar-refractivity contribution in [2.75, 3.05) is 6.54 Å². The van der Waals surface area contributed by atoms with Gasteiger partial charge in [0.2, 0.25) is 5.91 Å². The number of aromatic nitrogens is 2. The molecule has 0 saturated heterocycles. The Hall–Kier alpha value is -5.95. The molecule has 1 unspecified atom stereocenters. The van der Waals surface area contributed by atoms with E-state index in [1.165, 1.54) is 5.39 Å². The van der Waals surface area contributed by atoms with Crippen LogP contribution in [0.3, 0.4) is 0 Å². The number of fused-ring (bicyclic) bond motifs is 3. The zero-order valence-corrected chi connectivity index (χ0v) is 25.0. The van der Waals surface area contributed by atoms with Gasteiger partial charge >= 0.3 is 0 Å². The highest BCUT2D eigenvalue weighted by molar-refractivity contribution is 5.99. The fourth-order valence-electron chi connectivity index (χ4n) is 6.00. The van der Waals surface area contributed by atoms with Crippen LogP contribution in [0, 0.1) is 0 Å². The Bertz CT molecular complexity index is 2220. The second kappa shape index (κ2) is 12.6. The summed E-state index contributed by atoms with van der Waals surface area (Å²) in [7, 11) is 0. The summed E-state index contributed by atoms with van der Waals surface area (Å²) >= 11 is 0. The van der Waals surface area contributed by atoms with Crippen LogP contribution in [0.4, 0.5) is 0 Å². The summed E-state index contributed by atoms with van der Waals surface area (Å²) in [5.41, 5.74) is 5.50. The monoisotopic (exact) mass is 604 g/mol. The molecule has 0 aliphatic carbocycles. The van der Waals surface area contributed by atoms with Crippen molar-refractivity contribution in [2.45, 2.75) is 18.9 Å². The summed E-state index contributed by atoms with van der Waals surface area (Å²) in [6, 6.07) is 36.1. The van der Waals surface area contributed by atoms with Crippen LogP contribution in [0.2, 0.25) is 0 Å². The molecule has 2 amide bonds. The molecule has 0 bridgehead atoms. The molecule has 7 heteroatoms. The van der Waals surface area contributed by atoms with Gasteiger partial charge in [0.1, 0.15) is 17.3 Å². The Morgan fingerprint density at radius 2 is 1.61 bits per heavy atom. The minimum Gasteiger partial charge on any atom is -0.506 e. The molecule has 0 aliphatic rings. The number of amides is 2. The molecule has 0 fully saturated rings. The number of rotatable bonds is 9. The predicted octanol–water partition coefficient (Wildman–Crippen LogP) is 6.94. The number of para-hydroxylation sites is 1. The molecular weight excluding hydrogens is 572 g/mol. The molecular formula is C39H32N4O3. The van der Waals surface area contributed by atoms with E-state index in [-0.39, 0.29) is 17.6 Å². The lowest BCUT2D eigenvalue weighted by molar-refractivity contribution is -0.122. The zero-order chi connectivity index (χ0) is 31.5. The molecule has 0 spiro atoms. The molecule has 0 radical (unpaired) electrons. The zero-order valence-electron chi connectivity index (χ0n) is 25.0. The van der Waals surface area contributed by atoms with Gasteiger partial charge in [0.15, 0.2) is 0 Å². The third-order valence-corrected chi connectivity index (χ3v) is 8.39. The highest BCUT2D eigenvalue weighted by Crippen LogP contribution is 2.31. The van der Waals surface area contributed by atoms with Gasteiger partial charge < -0.3 is 20.7 Å². The first-order valence-electron chi connectivity index (χ1n) is 15.3. The van der Waals surface area contributed by atoms with Crippen molar-refractivity contribution in [2.24, 2.45) is 0 Å². The maximum absolute atomic E-state index is 13.7. The van der Waals surface area contributed by atoms with Gasteiger partial charge in [0.05, 0.1) is 0 Å². The van der Waals surface area contributed by atoms with Gasteiger partial charge in [-0.1, -0.05) is 78.9 Å². The molecule has 2 aromatic heterocycles. The van der Waals surface area contributed by atoms with E-state index in [1.807, 2.05) is 66.9 Å². The summed E-state index contributed by atoms with van der Waals surface area (Å²) in [5.74, 6) is -0.535. The van der Waals surface area contributed by atoms with Gasteiger partial charge in [0.25, 0.3) is 5.91 Å². The van der Waals surface area contributed by atoms with Crippen LogP contribution in [0.5, 0.6) is 5.75 Å². The molecule has 226 valence electrons. The number of aromatic hydroxyl groups is 1. The normalized spacial score (nSPS) is 11.9. The number of phenolic OH excluding ortho intramolecular Hbond substituents is 1. The maximum atomic E-state index is 13.7. The minimum absolute atomic E-state index is 0.0714. The lowest BCUT2D eigenvalue weighted by Gasteiger charge is -2.19. The molecule has 7 aromatic rings. The summed E-state index contributed by atoms with van der Waals surface area (Å²) < 4.78 is 0. The average Bonchev–Trinajstić information content (AvgIpc) is 3.50. The number of benzene rings is 5. The van der Waals surface area contributed by atoms with Crippen LogP contribution in [0.25, 0.3) is 43.7 Å². The summed E-state index contributed by atoms with van der Waals surface area (Å²) in [6.45, 7) is 0.438. The van der Waals surface area contributed by atoms with E-state index in [4.69, 9.17) is 0 Å². The second-order valence-corrected chi connectivity index (χ2v) is 11.5. The maximum Gasteiger partial charge on any atom is 0.251 e. The van der Waals surface area contributed by atoms with E-state index in [0.717, 1.165) is 43.9 Å². The Morgan fingerprint density at radius 1 is 0.783 bits per heavy atom. The number of hydrogen-bond acceptors (Lipinski definition) is 4. The molecule has 7 rings (SSSR count). The number of carbonyl (C=O) groups is 2. The van der Waals surface area contributed by atoms with Crippen LogP contribution in [0.15, 0.2) is 128 Å². The summed E-state index contributed by atoms with van der Waals surface area (Å²) in [6.07, 6.45) is 4.52. The number of phenols is 1. The number of pyridine rings is 1. The first kappa shape index (κ1) is 28.8. The standard InChI is InChI=1S/C39H32N4O3/c44-36-23-31(21-29-11-6-17-40-37(29)36)28-9-5-10-30(20-28)38(45)43-35(22-32-24-42-34-13-4-3-12-33(32)34)39(46)41-18-16-25-14-15-26-7-1-2-8-27(26)19-25/h1-15,17,19-21,23-24,35,42,44H,16,18,22H2,(H,41,46)(H,43,45). The van der Waals surface area contributed by atoms with Crippen LogP contribution in [0.1, 0.15) is 21.5 Å². The number of aromatic amines is 1. The van der Waals surface area contributed by atoms with E-state index in [1.54, 1.807) is 30.5 Å². The van der Waals surface area contributed by atoms with Crippen molar-refractivity contribution in [3.8, 4) is 16.9 Å². The first-order chi connectivity index (χ1) is 22.5. The Balaban J connectivity index is 1.11. The minimum atomic E-state index is -0.803. The van der Waals surface area contributed by atoms with Crippen molar-refractivity contribution >= 4 is 44.4 Å². The molecule has 1 atom stereocenters. The molecule has 2 heterocycles. The van der Waals surface area contributed by atoms with E-state index in [0.29, 0.717) is 30.5 Å². The van der Waals surface area contributed by atoms with Gasteiger partial charge in [-0.15, -0.1) is 0 Å². The lowest BCUT2D eigenvalue weighted by Crippen LogP contribution is -2.48. The molecule has 7 nitrogen and oxygen atoms in total. The number of nitrogens with zero attached hydrogens (tertiary/aromatic N) is 1. The van der Waals surface area contributed by atoms with Crippen molar-refractivity contribution in [3.63, 3.8) is 0 Å². The SMILES string of the molecule is O=C(NC(Cc1c[nH]c2ccccc12)C(=O)NCCc1ccc2ccccc2c1)c1cccc(-c2cc(O)c3ncccc3c2)c1. The highest BCUT2D eigenvalue weighted by atomic mass is 16.3. The van der Waals surface area contributed by atoms with Gasteiger partial charge in [-0.2, -0.15) is 0 Å². The number of nitrogens with one attached hydrogen (secondary N) is 3. The number of hydrogen-bond donors (Lipinski definition) is 4. The van der Waals surface area contributed by atoms with E-state index in [9.17, 15) is 14.7 Å². The predicted molar refractivity (Wildman–Crippen MR) is 183 cm³/mol. The first-order valence-corrected chi connectivity index (χ1v) is 15.3. The van der Waals surface area contributed by atoms with Crippen LogP contribution in [-0.2, 0) is 17.6 Å². The lowest BCUT2D eigenvalue weighted by atomic mass is 9.99. The van der Waals surface area contributed by atoms with Gasteiger partial charge in [-0.3, -0.25) is 14.6 Å². The van der Waals surface area contributed by atoms with E-state index in [2.05, 4.69) is 50.9 Å². The summed E-state index contributed by atoms with van der Waals surface area (Å²) in [4.78, 5) is 34.9. The van der Waals surface area contributed by atoms with Gasteiger partial charge in [-0.25, -0.2) is 0 Å². The van der Waals surface area contributed by atoms with Gasteiger partial charge in [0, 0.05) is 47.2 Å². The summed E-state index contributed by atoms with van der Waals surface area (Å²) in [5, 5.41) is 20.8. The number of carbonyl (C=O) groups excluding carboxylic acids is 2. The topological polar surface area (TPSA) is 107 Å². The van der Waals surface area contributed by atoms with Crippen molar-refractivity contribution in [3.05, 3.63) is 144 Å². The quantitative estimate of drug-likeness (QED) is 0.143. The Kier molecular flexibility index (Phi) is 7.87. The Labute approximate surface area is 265 Å². The smallest absolute Gasteiger partial charge is 0.251 e. The van der Waals surface area contributed by atoms with Crippen LogP contribution in [-0.4, -0.2) is 39.5 Å². The van der Waals surface area contributed by atoms with E-state index < -0.39 is 6.04 Å². The highest BCUT2D eigenvalue weighted by Gasteiger charge is 2.23. The fourth-order valence-corrected chi connectivity index (χ4v) is 6.00. The van der Waals surface area contributed by atoms with Gasteiger partial charge in [-0.05, 0) is 75.8 Å². The fraction of sp³-hybridized carbons (Fsp3) is 0.103. The average molecular weight is 605 g/mol. The molecule has 5 aromatic carbocycles. The van der Waals surface area contributed by atoms with Crippen molar-refractivity contribution < 1.29 is 14.7 Å². The van der Waals surface area contributed by atoms with Crippen molar-refractivity contribution in [1.29, 1.82) is 0 Å². The largest absolute Gasteiger partial charge is 0.506 e. The third kappa shape index (κ3) is 6.03. The second-order valence-electron chi connectivity index (χ2n) is 11.5. The van der Waals surface area contributed by atoms with Crippen LogP contribution >= 0.6 is 0 Å². The molecule has 0 saturated carbocycles. The van der Waals surface area contributed by atoms with Crippen LogP contribution < -0.4 is 10.6 Å². The third-order valence-electron chi connectivity index (χ3n) is 8.39. The molecule has 4 N–H and O–H groups in total. The Morgan fingerprint density at radius 3 is 2.52 bits per heavy atom. The molecule has 0 aliphatic heterocycles.